The molecule has 0 aliphatic carbocycles. The topological polar surface area (TPSA) is 66.5 Å². The van der Waals surface area contributed by atoms with Crippen LogP contribution in [0, 0.1) is 6.92 Å². The number of rotatable bonds is 8. The smallest absolute Gasteiger partial charge is 0.264 e. The number of hydrogen-bond acceptors (Lipinski definition) is 4. The van der Waals surface area contributed by atoms with Crippen LogP contribution in [0.3, 0.4) is 0 Å². The molecule has 0 saturated heterocycles. The molecule has 0 heterocycles. The lowest BCUT2D eigenvalue weighted by Crippen LogP contribution is -2.41. The molecule has 0 fully saturated rings. The number of aryl methyl sites for hydroxylation is 1. The summed E-state index contributed by atoms with van der Waals surface area (Å²) >= 11 is 7.99. The highest BCUT2D eigenvalue weighted by molar-refractivity contribution is 8.00. The number of anilines is 1. The van der Waals surface area contributed by atoms with Gasteiger partial charge in [0.1, 0.15) is 6.54 Å². The highest BCUT2D eigenvalue weighted by Crippen LogP contribution is 2.30. The molecular weight excluding hydrogens is 428 g/mol. The minimum Gasteiger partial charge on any atom is -0.354 e. The SMILES string of the molecule is Cc1ccc(S(=O)(=O)N(CC(=O)NCCSC(C)(C)C)c2ccccc2Cl)cc1. The van der Waals surface area contributed by atoms with Crippen molar-refractivity contribution in [3.05, 3.63) is 59.1 Å². The summed E-state index contributed by atoms with van der Waals surface area (Å²) in [5.74, 6) is 0.363. The monoisotopic (exact) mass is 454 g/mol. The molecule has 0 bridgehead atoms. The van der Waals surface area contributed by atoms with E-state index in [1.165, 1.54) is 12.1 Å². The molecule has 0 aliphatic rings. The van der Waals surface area contributed by atoms with Gasteiger partial charge in [0.05, 0.1) is 15.6 Å². The molecule has 158 valence electrons. The van der Waals surface area contributed by atoms with Crippen molar-refractivity contribution in [2.24, 2.45) is 0 Å². The van der Waals surface area contributed by atoms with Gasteiger partial charge in [-0.3, -0.25) is 9.10 Å². The van der Waals surface area contributed by atoms with E-state index in [-0.39, 0.29) is 32.8 Å². The van der Waals surface area contributed by atoms with Gasteiger partial charge in [0.2, 0.25) is 5.91 Å². The number of hydrogen-bond donors (Lipinski definition) is 1. The summed E-state index contributed by atoms with van der Waals surface area (Å²) in [6.45, 7) is 8.30. The predicted molar refractivity (Wildman–Crippen MR) is 122 cm³/mol. The maximum atomic E-state index is 13.3. The van der Waals surface area contributed by atoms with Crippen molar-refractivity contribution in [2.45, 2.75) is 37.3 Å². The number of sulfonamides is 1. The van der Waals surface area contributed by atoms with Crippen LogP contribution in [0.2, 0.25) is 5.02 Å². The number of halogens is 1. The minimum absolute atomic E-state index is 0.100. The minimum atomic E-state index is -3.96. The van der Waals surface area contributed by atoms with Gasteiger partial charge in [0.15, 0.2) is 0 Å². The Morgan fingerprint density at radius 1 is 1.10 bits per heavy atom. The normalized spacial score (nSPS) is 11.9. The number of benzene rings is 2. The van der Waals surface area contributed by atoms with Crippen LogP contribution < -0.4 is 9.62 Å². The number of carbonyl (C=O) groups excluding carboxylic acids is 1. The van der Waals surface area contributed by atoms with E-state index in [2.05, 4.69) is 26.1 Å². The van der Waals surface area contributed by atoms with E-state index in [0.29, 0.717) is 6.54 Å². The highest BCUT2D eigenvalue weighted by atomic mass is 35.5. The molecule has 29 heavy (non-hydrogen) atoms. The van der Waals surface area contributed by atoms with Crippen molar-refractivity contribution in [1.29, 1.82) is 0 Å². The first-order chi connectivity index (χ1) is 13.5. The third-order valence-electron chi connectivity index (χ3n) is 3.98. The maximum Gasteiger partial charge on any atom is 0.264 e. The van der Waals surface area contributed by atoms with Gasteiger partial charge in [-0.25, -0.2) is 8.42 Å². The second-order valence-electron chi connectivity index (χ2n) is 7.59. The molecule has 2 rings (SSSR count). The third-order valence-corrected chi connectivity index (χ3v) is 7.34. The fourth-order valence-corrected chi connectivity index (χ4v) is 5.07. The Morgan fingerprint density at radius 2 is 1.72 bits per heavy atom. The van der Waals surface area contributed by atoms with Gasteiger partial charge in [-0.2, -0.15) is 11.8 Å². The number of carbonyl (C=O) groups is 1. The highest BCUT2D eigenvalue weighted by Gasteiger charge is 2.28. The van der Waals surface area contributed by atoms with E-state index < -0.39 is 10.0 Å². The van der Waals surface area contributed by atoms with Gasteiger partial charge in [0, 0.05) is 17.0 Å². The van der Waals surface area contributed by atoms with Crippen LogP contribution in [0.4, 0.5) is 5.69 Å². The lowest BCUT2D eigenvalue weighted by molar-refractivity contribution is -0.119. The fourth-order valence-electron chi connectivity index (χ4n) is 2.53. The Hall–Kier alpha value is -1.70. The van der Waals surface area contributed by atoms with Gasteiger partial charge in [-0.1, -0.05) is 62.2 Å². The van der Waals surface area contributed by atoms with E-state index >= 15 is 0 Å². The Morgan fingerprint density at radius 3 is 2.31 bits per heavy atom. The molecule has 1 N–H and O–H groups in total. The zero-order valence-corrected chi connectivity index (χ0v) is 19.5. The molecule has 0 atom stereocenters. The Bertz CT molecular complexity index is 939. The molecule has 8 heteroatoms. The number of para-hydroxylation sites is 1. The molecule has 1 amide bonds. The van der Waals surface area contributed by atoms with Gasteiger partial charge in [0.25, 0.3) is 10.0 Å². The van der Waals surface area contributed by atoms with E-state index in [1.54, 1.807) is 48.2 Å². The lowest BCUT2D eigenvalue weighted by Gasteiger charge is -2.25. The standard InChI is InChI=1S/C21H27ClN2O3S2/c1-16-9-11-17(12-10-16)29(26,27)24(19-8-6-5-7-18(19)22)15-20(25)23-13-14-28-21(2,3)4/h5-12H,13-15H2,1-4H3,(H,23,25). The van der Waals surface area contributed by atoms with Crippen LogP contribution in [-0.4, -0.2) is 37.9 Å². The van der Waals surface area contributed by atoms with Crippen molar-refractivity contribution in [3.63, 3.8) is 0 Å². The van der Waals surface area contributed by atoms with Crippen LogP contribution in [-0.2, 0) is 14.8 Å². The molecule has 5 nitrogen and oxygen atoms in total. The fraction of sp³-hybridized carbons (Fsp3) is 0.381. The molecule has 0 spiro atoms. The number of thioether (sulfide) groups is 1. The summed E-state index contributed by atoms with van der Waals surface area (Å²) in [6.07, 6.45) is 0. The predicted octanol–water partition coefficient (Wildman–Crippen LogP) is 4.49. The van der Waals surface area contributed by atoms with Crippen molar-refractivity contribution in [3.8, 4) is 0 Å². The summed E-state index contributed by atoms with van der Waals surface area (Å²) in [5.41, 5.74) is 1.22. The Labute approximate surface area is 182 Å². The maximum absolute atomic E-state index is 13.3. The van der Waals surface area contributed by atoms with E-state index in [0.717, 1.165) is 15.6 Å². The largest absolute Gasteiger partial charge is 0.354 e. The average Bonchev–Trinajstić information content (AvgIpc) is 2.63. The van der Waals surface area contributed by atoms with Gasteiger partial charge in [-0.15, -0.1) is 0 Å². The summed E-state index contributed by atoms with van der Waals surface area (Å²) in [6, 6.07) is 13.1. The molecule has 0 aromatic heterocycles. The first-order valence-corrected chi connectivity index (χ1v) is 12.1. The molecule has 0 aliphatic heterocycles. The van der Waals surface area contributed by atoms with Crippen molar-refractivity contribution >= 4 is 45.0 Å². The van der Waals surface area contributed by atoms with Crippen LogP contribution in [0.1, 0.15) is 26.3 Å². The molecule has 2 aromatic carbocycles. The van der Waals surface area contributed by atoms with Crippen molar-refractivity contribution < 1.29 is 13.2 Å². The number of nitrogens with one attached hydrogen (secondary N) is 1. The Balaban J connectivity index is 2.24. The van der Waals surface area contributed by atoms with Gasteiger partial charge in [-0.05, 0) is 31.2 Å². The second-order valence-corrected chi connectivity index (χ2v) is 11.8. The summed E-state index contributed by atoms with van der Waals surface area (Å²) in [4.78, 5) is 12.6. The van der Waals surface area contributed by atoms with E-state index in [1.807, 2.05) is 6.92 Å². The zero-order chi connectivity index (χ0) is 21.7. The lowest BCUT2D eigenvalue weighted by atomic mass is 10.2. The quantitative estimate of drug-likeness (QED) is 0.596. The van der Waals surface area contributed by atoms with Crippen LogP contribution in [0.15, 0.2) is 53.4 Å². The summed E-state index contributed by atoms with van der Waals surface area (Å²) < 4.78 is 27.7. The summed E-state index contributed by atoms with van der Waals surface area (Å²) in [7, 11) is -3.96. The Kier molecular flexibility index (Phi) is 8.02. The molecule has 0 radical (unpaired) electrons. The van der Waals surface area contributed by atoms with Gasteiger partial charge >= 0.3 is 0 Å². The van der Waals surface area contributed by atoms with Crippen LogP contribution in [0.5, 0.6) is 0 Å². The second kappa shape index (κ2) is 9.87. The third kappa shape index (κ3) is 6.94. The molecule has 0 unspecified atom stereocenters. The van der Waals surface area contributed by atoms with Crippen LogP contribution in [0.25, 0.3) is 0 Å². The van der Waals surface area contributed by atoms with Crippen molar-refractivity contribution in [2.75, 3.05) is 23.1 Å². The van der Waals surface area contributed by atoms with E-state index in [4.69, 9.17) is 11.6 Å². The number of nitrogens with zero attached hydrogens (tertiary/aromatic N) is 1. The molecule has 0 saturated carbocycles. The average molecular weight is 455 g/mol. The van der Waals surface area contributed by atoms with Crippen LogP contribution >= 0.6 is 23.4 Å². The molecular formula is C21H27ClN2O3S2. The first-order valence-electron chi connectivity index (χ1n) is 9.25. The zero-order valence-electron chi connectivity index (χ0n) is 17.1. The molecule has 2 aromatic rings. The summed E-state index contributed by atoms with van der Waals surface area (Å²) in [5, 5.41) is 3.06. The first kappa shape index (κ1) is 23.6. The van der Waals surface area contributed by atoms with E-state index in [9.17, 15) is 13.2 Å². The van der Waals surface area contributed by atoms with Gasteiger partial charge < -0.3 is 5.32 Å². The van der Waals surface area contributed by atoms with Crippen molar-refractivity contribution in [1.82, 2.24) is 5.32 Å². The number of amides is 1.